The number of pyridine rings is 1. The van der Waals surface area contributed by atoms with E-state index in [1.165, 1.54) is 0 Å². The molecule has 0 saturated carbocycles. The zero-order valence-corrected chi connectivity index (χ0v) is 11.2. The molecular formula is C14H21N3O2. The second-order valence-electron chi connectivity index (χ2n) is 5.21. The molecule has 1 aromatic heterocycles. The van der Waals surface area contributed by atoms with Crippen molar-refractivity contribution < 1.29 is 9.90 Å². The molecule has 1 aliphatic heterocycles. The molecule has 0 aliphatic carbocycles. The monoisotopic (exact) mass is 263 g/mol. The molecule has 2 unspecified atom stereocenters. The maximum atomic E-state index is 11.8. The van der Waals surface area contributed by atoms with Crippen LogP contribution in [0.15, 0.2) is 24.5 Å². The van der Waals surface area contributed by atoms with E-state index in [0.717, 1.165) is 18.5 Å². The Bertz CT molecular complexity index is 410. The molecule has 0 spiro atoms. The average molecular weight is 263 g/mol. The highest BCUT2D eigenvalue weighted by atomic mass is 16.3. The number of piperidine rings is 1. The molecule has 0 radical (unpaired) electrons. The van der Waals surface area contributed by atoms with E-state index in [9.17, 15) is 9.90 Å². The minimum atomic E-state index is -0.320. The predicted molar refractivity (Wildman–Crippen MR) is 72.3 cm³/mol. The second-order valence-corrected chi connectivity index (χ2v) is 5.21. The number of β-amino-alcohol motifs (C(OH)–C–C–N with tert-alkyl or cyclic N) is 1. The first-order valence-electron chi connectivity index (χ1n) is 6.71. The number of nitrogens with zero attached hydrogens (tertiary/aromatic N) is 2. The number of hydrogen-bond acceptors (Lipinski definition) is 4. The Kier molecular flexibility index (Phi) is 4.87. The lowest BCUT2D eigenvalue weighted by Gasteiger charge is -2.33. The Hall–Kier alpha value is -1.46. The van der Waals surface area contributed by atoms with Crippen LogP contribution in [-0.4, -0.2) is 46.6 Å². The number of carbonyl (C=O) groups is 1. The molecule has 5 nitrogen and oxygen atoms in total. The van der Waals surface area contributed by atoms with Crippen LogP contribution in [0.4, 0.5) is 0 Å². The van der Waals surface area contributed by atoms with E-state index in [1.54, 1.807) is 12.4 Å². The van der Waals surface area contributed by atoms with Gasteiger partial charge in [-0.1, -0.05) is 13.0 Å². The van der Waals surface area contributed by atoms with Gasteiger partial charge >= 0.3 is 0 Å². The van der Waals surface area contributed by atoms with E-state index in [1.807, 2.05) is 24.0 Å². The van der Waals surface area contributed by atoms with E-state index >= 15 is 0 Å². The molecule has 2 rings (SSSR count). The fourth-order valence-corrected chi connectivity index (χ4v) is 2.22. The summed E-state index contributed by atoms with van der Waals surface area (Å²) in [4.78, 5) is 17.8. The number of carbonyl (C=O) groups excluding carboxylic acids is 1. The quantitative estimate of drug-likeness (QED) is 0.825. The highest BCUT2D eigenvalue weighted by Crippen LogP contribution is 2.16. The lowest BCUT2D eigenvalue weighted by atomic mass is 9.96. The molecule has 1 fully saturated rings. The summed E-state index contributed by atoms with van der Waals surface area (Å²) in [6.45, 7) is 4.36. The first-order valence-corrected chi connectivity index (χ1v) is 6.71. The van der Waals surface area contributed by atoms with Crippen LogP contribution in [-0.2, 0) is 11.3 Å². The topological polar surface area (TPSA) is 65.5 Å². The van der Waals surface area contributed by atoms with Crippen molar-refractivity contribution in [3.8, 4) is 0 Å². The lowest BCUT2D eigenvalue weighted by molar-refractivity contribution is -0.123. The van der Waals surface area contributed by atoms with Crippen molar-refractivity contribution in [1.82, 2.24) is 15.2 Å². The number of aromatic nitrogens is 1. The van der Waals surface area contributed by atoms with Crippen LogP contribution in [0.25, 0.3) is 0 Å². The van der Waals surface area contributed by atoms with Gasteiger partial charge in [-0.15, -0.1) is 0 Å². The van der Waals surface area contributed by atoms with Gasteiger partial charge in [-0.2, -0.15) is 0 Å². The molecule has 1 aromatic rings. The summed E-state index contributed by atoms with van der Waals surface area (Å²) in [6.07, 6.45) is 4.07. The second kappa shape index (κ2) is 6.63. The summed E-state index contributed by atoms with van der Waals surface area (Å²) >= 11 is 0. The number of aliphatic hydroxyl groups excluding tert-OH is 1. The Balaban J connectivity index is 1.73. The van der Waals surface area contributed by atoms with Crippen LogP contribution in [0.3, 0.4) is 0 Å². The molecule has 1 aliphatic rings. The first-order chi connectivity index (χ1) is 9.15. The number of amides is 1. The Morgan fingerprint density at radius 1 is 1.63 bits per heavy atom. The van der Waals surface area contributed by atoms with E-state index in [4.69, 9.17) is 0 Å². The van der Waals surface area contributed by atoms with Gasteiger partial charge in [0, 0.05) is 25.5 Å². The number of hydrogen-bond donors (Lipinski definition) is 2. The van der Waals surface area contributed by atoms with E-state index in [-0.39, 0.29) is 12.0 Å². The summed E-state index contributed by atoms with van der Waals surface area (Å²) < 4.78 is 0. The molecule has 0 bridgehead atoms. The van der Waals surface area contributed by atoms with E-state index in [0.29, 0.717) is 25.6 Å². The summed E-state index contributed by atoms with van der Waals surface area (Å²) in [5.74, 6) is 0.320. The molecule has 1 saturated heterocycles. The van der Waals surface area contributed by atoms with Crippen LogP contribution >= 0.6 is 0 Å². The van der Waals surface area contributed by atoms with Gasteiger partial charge in [0.25, 0.3) is 0 Å². The molecule has 104 valence electrons. The van der Waals surface area contributed by atoms with Crippen LogP contribution < -0.4 is 5.32 Å². The minimum absolute atomic E-state index is 0.00870. The van der Waals surface area contributed by atoms with Crippen molar-refractivity contribution in [2.75, 3.05) is 19.6 Å². The summed E-state index contributed by atoms with van der Waals surface area (Å²) in [5.41, 5.74) is 0.989. The van der Waals surface area contributed by atoms with Crippen LogP contribution in [0, 0.1) is 5.92 Å². The summed E-state index contributed by atoms with van der Waals surface area (Å²) in [6, 6.07) is 3.78. The fourth-order valence-electron chi connectivity index (χ4n) is 2.22. The smallest absolute Gasteiger partial charge is 0.234 e. The number of rotatable bonds is 4. The van der Waals surface area contributed by atoms with E-state index in [2.05, 4.69) is 10.3 Å². The third kappa shape index (κ3) is 4.29. The van der Waals surface area contributed by atoms with Crippen molar-refractivity contribution in [2.24, 2.45) is 5.92 Å². The van der Waals surface area contributed by atoms with Gasteiger partial charge in [-0.3, -0.25) is 14.7 Å². The Morgan fingerprint density at radius 2 is 2.47 bits per heavy atom. The SMILES string of the molecule is CC1CCN(CC(=O)NCc2cccnc2)CC1O. The molecule has 1 amide bonds. The van der Waals surface area contributed by atoms with Gasteiger partial charge < -0.3 is 10.4 Å². The minimum Gasteiger partial charge on any atom is -0.392 e. The van der Waals surface area contributed by atoms with E-state index < -0.39 is 0 Å². The standard InChI is InChI=1S/C14H21N3O2/c1-11-4-6-17(9-13(11)18)10-14(19)16-8-12-3-2-5-15-7-12/h2-3,5,7,11,13,18H,4,6,8-10H2,1H3,(H,16,19). The largest absolute Gasteiger partial charge is 0.392 e. The summed E-state index contributed by atoms with van der Waals surface area (Å²) in [7, 11) is 0. The van der Waals surface area contributed by atoms with Crippen LogP contribution in [0.5, 0.6) is 0 Å². The van der Waals surface area contributed by atoms with Crippen LogP contribution in [0.2, 0.25) is 0 Å². The first kappa shape index (κ1) is 14.0. The van der Waals surface area contributed by atoms with Crippen LogP contribution in [0.1, 0.15) is 18.9 Å². The predicted octanol–water partition coefficient (Wildman–Crippen LogP) is 0.400. The van der Waals surface area contributed by atoms with Gasteiger partial charge in [0.1, 0.15) is 0 Å². The Labute approximate surface area is 113 Å². The highest BCUT2D eigenvalue weighted by Gasteiger charge is 2.25. The zero-order valence-electron chi connectivity index (χ0n) is 11.2. The van der Waals surface area contributed by atoms with Gasteiger partial charge in [0.15, 0.2) is 0 Å². The van der Waals surface area contributed by atoms with Gasteiger partial charge in [-0.25, -0.2) is 0 Å². The van der Waals surface area contributed by atoms with Crippen molar-refractivity contribution in [3.63, 3.8) is 0 Å². The van der Waals surface area contributed by atoms with Crippen molar-refractivity contribution in [2.45, 2.75) is 26.0 Å². The Morgan fingerprint density at radius 3 is 3.16 bits per heavy atom. The molecular weight excluding hydrogens is 242 g/mol. The zero-order chi connectivity index (χ0) is 13.7. The highest BCUT2D eigenvalue weighted by molar-refractivity contribution is 5.78. The third-order valence-corrected chi connectivity index (χ3v) is 3.58. The average Bonchev–Trinajstić information content (AvgIpc) is 2.42. The summed E-state index contributed by atoms with van der Waals surface area (Å²) in [5, 5.41) is 12.7. The van der Waals surface area contributed by atoms with Crippen molar-refractivity contribution >= 4 is 5.91 Å². The normalized spacial score (nSPS) is 24.1. The molecule has 0 aromatic carbocycles. The van der Waals surface area contributed by atoms with Crippen molar-refractivity contribution in [3.05, 3.63) is 30.1 Å². The molecule has 2 heterocycles. The maximum absolute atomic E-state index is 11.8. The number of likely N-dealkylation sites (tertiary alicyclic amines) is 1. The number of aliphatic hydroxyl groups is 1. The molecule has 5 heteroatoms. The lowest BCUT2D eigenvalue weighted by Crippen LogP contribution is -2.46. The molecule has 2 atom stereocenters. The fraction of sp³-hybridized carbons (Fsp3) is 0.571. The van der Waals surface area contributed by atoms with Gasteiger partial charge in [0.05, 0.1) is 12.6 Å². The van der Waals surface area contributed by atoms with Gasteiger partial charge in [0.2, 0.25) is 5.91 Å². The third-order valence-electron chi connectivity index (χ3n) is 3.58. The molecule has 2 N–H and O–H groups in total. The van der Waals surface area contributed by atoms with Gasteiger partial charge in [-0.05, 0) is 30.5 Å². The van der Waals surface area contributed by atoms with Crippen molar-refractivity contribution in [1.29, 1.82) is 0 Å². The molecule has 19 heavy (non-hydrogen) atoms. The number of nitrogens with one attached hydrogen (secondary N) is 1. The maximum Gasteiger partial charge on any atom is 0.234 e.